The van der Waals surface area contributed by atoms with Gasteiger partial charge < -0.3 is 9.47 Å². The Morgan fingerprint density at radius 2 is 1.92 bits per heavy atom. The second-order valence-electron chi connectivity index (χ2n) is 5.58. The predicted molar refractivity (Wildman–Crippen MR) is 97.0 cm³/mol. The fourth-order valence-electron chi connectivity index (χ4n) is 2.23. The quantitative estimate of drug-likeness (QED) is 0.571. The van der Waals surface area contributed by atoms with Crippen molar-refractivity contribution in [3.05, 3.63) is 69.8 Å². The lowest BCUT2D eigenvalue weighted by Gasteiger charge is -2.09. The largest absolute Gasteiger partial charge is 0.491 e. The van der Waals surface area contributed by atoms with Crippen LogP contribution in [0.2, 0.25) is 0 Å². The summed E-state index contributed by atoms with van der Waals surface area (Å²) in [7, 11) is 0. The molecule has 0 unspecified atom stereocenters. The molecular formula is C19H16BrNO3. The minimum absolute atomic E-state index is 0.122. The first kappa shape index (κ1) is 16.5. The van der Waals surface area contributed by atoms with Gasteiger partial charge >= 0.3 is 5.97 Å². The van der Waals surface area contributed by atoms with Crippen LogP contribution >= 0.6 is 15.9 Å². The van der Waals surface area contributed by atoms with Crippen molar-refractivity contribution < 1.29 is 14.3 Å². The van der Waals surface area contributed by atoms with Crippen LogP contribution in [0.15, 0.2) is 63.7 Å². The molecule has 0 aliphatic carbocycles. The van der Waals surface area contributed by atoms with Crippen molar-refractivity contribution in [3.8, 4) is 5.75 Å². The average molecular weight is 386 g/mol. The molecule has 0 fully saturated rings. The maximum atomic E-state index is 12.0. The van der Waals surface area contributed by atoms with E-state index >= 15 is 0 Å². The zero-order chi connectivity index (χ0) is 17.1. The number of ether oxygens (including phenoxy) is 2. The van der Waals surface area contributed by atoms with Gasteiger partial charge in [-0.1, -0.05) is 34.1 Å². The molecule has 0 saturated carbocycles. The van der Waals surface area contributed by atoms with Gasteiger partial charge in [-0.15, -0.1) is 0 Å². The van der Waals surface area contributed by atoms with Crippen molar-refractivity contribution in [3.63, 3.8) is 0 Å². The van der Waals surface area contributed by atoms with Crippen molar-refractivity contribution in [2.24, 2.45) is 4.99 Å². The first-order chi connectivity index (χ1) is 11.5. The van der Waals surface area contributed by atoms with E-state index in [-0.39, 0.29) is 11.8 Å². The number of hydrogen-bond donors (Lipinski definition) is 0. The molecule has 0 saturated heterocycles. The summed E-state index contributed by atoms with van der Waals surface area (Å²) in [5, 5.41) is 0. The molecule has 24 heavy (non-hydrogen) atoms. The number of cyclic esters (lactones) is 1. The lowest BCUT2D eigenvalue weighted by atomic mass is 10.2. The van der Waals surface area contributed by atoms with E-state index in [0.29, 0.717) is 5.90 Å². The van der Waals surface area contributed by atoms with Crippen LogP contribution in [0.3, 0.4) is 0 Å². The maximum absolute atomic E-state index is 12.0. The lowest BCUT2D eigenvalue weighted by molar-refractivity contribution is -0.129. The fourth-order valence-corrected chi connectivity index (χ4v) is 2.63. The van der Waals surface area contributed by atoms with Gasteiger partial charge in [0, 0.05) is 10.0 Å². The standard InChI is InChI=1S/C19H16BrNO3/c1-12(2)23-16-8-6-13(7-9-16)10-17-19(22)24-18(21-17)14-4-3-5-15(20)11-14/h3-12H,1-2H3. The van der Waals surface area contributed by atoms with Crippen LogP contribution in [0.25, 0.3) is 6.08 Å². The number of nitrogens with zero attached hydrogens (tertiary/aromatic N) is 1. The molecule has 5 heteroatoms. The van der Waals surface area contributed by atoms with Crippen LogP contribution in [0.5, 0.6) is 5.75 Å². The highest BCUT2D eigenvalue weighted by Crippen LogP contribution is 2.22. The Bertz CT molecular complexity index is 823. The van der Waals surface area contributed by atoms with Crippen LogP contribution < -0.4 is 4.74 Å². The molecule has 4 nitrogen and oxygen atoms in total. The molecule has 1 aliphatic rings. The molecule has 0 atom stereocenters. The number of carbonyl (C=O) groups excluding carboxylic acids is 1. The smallest absolute Gasteiger partial charge is 0.363 e. The summed E-state index contributed by atoms with van der Waals surface area (Å²) < 4.78 is 11.8. The summed E-state index contributed by atoms with van der Waals surface area (Å²) in [6.07, 6.45) is 1.82. The van der Waals surface area contributed by atoms with Crippen LogP contribution in [0, 0.1) is 0 Å². The topological polar surface area (TPSA) is 47.9 Å². The molecular weight excluding hydrogens is 370 g/mol. The van der Waals surface area contributed by atoms with Gasteiger partial charge in [-0.25, -0.2) is 9.79 Å². The fraction of sp³-hybridized carbons (Fsp3) is 0.158. The highest BCUT2D eigenvalue weighted by atomic mass is 79.9. The predicted octanol–water partition coefficient (Wildman–Crippen LogP) is 4.58. The molecule has 122 valence electrons. The van der Waals surface area contributed by atoms with Crippen LogP contribution in [-0.2, 0) is 9.53 Å². The monoisotopic (exact) mass is 385 g/mol. The first-order valence-electron chi connectivity index (χ1n) is 7.56. The van der Waals surface area contributed by atoms with E-state index in [1.54, 1.807) is 6.08 Å². The molecule has 0 N–H and O–H groups in total. The summed E-state index contributed by atoms with van der Waals surface area (Å²) in [5.41, 5.74) is 1.89. The normalized spacial score (nSPS) is 15.6. The van der Waals surface area contributed by atoms with Gasteiger partial charge in [-0.2, -0.15) is 0 Å². The zero-order valence-electron chi connectivity index (χ0n) is 13.3. The van der Waals surface area contributed by atoms with E-state index in [0.717, 1.165) is 21.3 Å². The maximum Gasteiger partial charge on any atom is 0.363 e. The Labute approximate surface area is 148 Å². The molecule has 1 heterocycles. The Kier molecular flexibility index (Phi) is 4.81. The number of hydrogen-bond acceptors (Lipinski definition) is 4. The number of aliphatic imine (C=N–C) groups is 1. The number of rotatable bonds is 4. The summed E-state index contributed by atoms with van der Waals surface area (Å²) in [5.74, 6) is 0.652. The van der Waals surface area contributed by atoms with Crippen molar-refractivity contribution in [2.45, 2.75) is 20.0 Å². The Morgan fingerprint density at radius 3 is 2.58 bits per heavy atom. The van der Waals surface area contributed by atoms with E-state index in [4.69, 9.17) is 9.47 Å². The summed E-state index contributed by atoms with van der Waals surface area (Å²) >= 11 is 3.39. The SMILES string of the molecule is CC(C)Oc1ccc(C=C2N=C(c3cccc(Br)c3)OC2=O)cc1. The summed E-state index contributed by atoms with van der Waals surface area (Å²) in [4.78, 5) is 16.3. The Morgan fingerprint density at radius 1 is 1.17 bits per heavy atom. The molecule has 2 aromatic rings. The van der Waals surface area contributed by atoms with Crippen LogP contribution in [0.4, 0.5) is 0 Å². The van der Waals surface area contributed by atoms with E-state index in [1.807, 2.05) is 62.4 Å². The van der Waals surface area contributed by atoms with Crippen molar-refractivity contribution in [2.75, 3.05) is 0 Å². The summed E-state index contributed by atoms with van der Waals surface area (Å²) in [6, 6.07) is 15.0. The third-order valence-corrected chi connectivity index (χ3v) is 3.74. The van der Waals surface area contributed by atoms with Crippen LogP contribution in [0.1, 0.15) is 25.0 Å². The van der Waals surface area contributed by atoms with E-state index in [9.17, 15) is 4.79 Å². The number of esters is 1. The third-order valence-electron chi connectivity index (χ3n) is 3.25. The van der Waals surface area contributed by atoms with Gasteiger partial charge in [-0.05, 0) is 55.8 Å². The van der Waals surface area contributed by atoms with Gasteiger partial charge in [0.15, 0.2) is 5.70 Å². The van der Waals surface area contributed by atoms with Crippen molar-refractivity contribution in [1.29, 1.82) is 0 Å². The Hall–Kier alpha value is -2.40. The minimum atomic E-state index is -0.451. The van der Waals surface area contributed by atoms with Crippen LogP contribution in [-0.4, -0.2) is 18.0 Å². The minimum Gasteiger partial charge on any atom is -0.491 e. The van der Waals surface area contributed by atoms with Gasteiger partial charge in [0.2, 0.25) is 5.90 Å². The molecule has 0 aromatic heterocycles. The molecule has 0 amide bonds. The molecule has 1 aliphatic heterocycles. The number of carbonyl (C=O) groups is 1. The van der Waals surface area contributed by atoms with E-state index in [2.05, 4.69) is 20.9 Å². The zero-order valence-corrected chi connectivity index (χ0v) is 14.9. The third kappa shape index (κ3) is 3.92. The second-order valence-corrected chi connectivity index (χ2v) is 6.50. The van der Waals surface area contributed by atoms with E-state index < -0.39 is 5.97 Å². The second kappa shape index (κ2) is 7.01. The molecule has 0 radical (unpaired) electrons. The van der Waals surface area contributed by atoms with Gasteiger partial charge in [-0.3, -0.25) is 0 Å². The molecule has 0 spiro atoms. The van der Waals surface area contributed by atoms with Gasteiger partial charge in [0.25, 0.3) is 0 Å². The first-order valence-corrected chi connectivity index (χ1v) is 8.36. The van der Waals surface area contributed by atoms with Crippen molar-refractivity contribution in [1.82, 2.24) is 0 Å². The highest BCUT2D eigenvalue weighted by molar-refractivity contribution is 9.10. The average Bonchev–Trinajstić information content (AvgIpc) is 2.90. The summed E-state index contributed by atoms with van der Waals surface area (Å²) in [6.45, 7) is 3.95. The highest BCUT2D eigenvalue weighted by Gasteiger charge is 2.24. The van der Waals surface area contributed by atoms with Gasteiger partial charge in [0.05, 0.1) is 6.10 Å². The number of benzene rings is 2. The van der Waals surface area contributed by atoms with Crippen molar-refractivity contribution >= 4 is 33.9 Å². The van der Waals surface area contributed by atoms with Gasteiger partial charge in [0.1, 0.15) is 5.75 Å². The number of halogens is 1. The Balaban J connectivity index is 1.83. The lowest BCUT2D eigenvalue weighted by Crippen LogP contribution is -2.05. The molecule has 0 bridgehead atoms. The molecule has 2 aromatic carbocycles. The molecule has 3 rings (SSSR count). The van der Waals surface area contributed by atoms with E-state index in [1.165, 1.54) is 0 Å².